The maximum atomic E-state index is 12.8. The highest BCUT2D eigenvalue weighted by Gasteiger charge is 2.25. The summed E-state index contributed by atoms with van der Waals surface area (Å²) in [5, 5.41) is 10.4. The van der Waals surface area contributed by atoms with E-state index in [1.807, 2.05) is 26.0 Å². The second kappa shape index (κ2) is 6.86. The molecule has 1 aromatic carbocycles. The zero-order valence-electron chi connectivity index (χ0n) is 14.0. The Morgan fingerprint density at radius 2 is 1.75 bits per heavy atom. The molecule has 2 heterocycles. The number of anilines is 1. The molecule has 126 valence electrons. The van der Waals surface area contributed by atoms with Crippen molar-refractivity contribution in [2.24, 2.45) is 0 Å². The van der Waals surface area contributed by atoms with Gasteiger partial charge in [0.2, 0.25) is 5.95 Å². The number of rotatable bonds is 3. The highest BCUT2D eigenvalue weighted by molar-refractivity contribution is 5.97. The molecule has 0 radical (unpaired) electrons. The van der Waals surface area contributed by atoms with Crippen LogP contribution in [0, 0.1) is 0 Å². The SMILES string of the molecule is CC(C)c1cccc(C(=O)N2CCN(c3ncccn3)CC2)c1O. The number of amides is 1. The maximum Gasteiger partial charge on any atom is 0.257 e. The number of hydrogen-bond acceptors (Lipinski definition) is 5. The molecule has 2 aromatic rings. The van der Waals surface area contributed by atoms with Crippen LogP contribution in [0.15, 0.2) is 36.7 Å². The molecule has 1 aliphatic heterocycles. The average molecular weight is 326 g/mol. The number of carbonyl (C=O) groups is 1. The van der Waals surface area contributed by atoms with Gasteiger partial charge in [-0.05, 0) is 23.6 Å². The van der Waals surface area contributed by atoms with E-state index >= 15 is 0 Å². The van der Waals surface area contributed by atoms with Crippen LogP contribution in [0.3, 0.4) is 0 Å². The number of para-hydroxylation sites is 1. The molecule has 0 aliphatic carbocycles. The summed E-state index contributed by atoms with van der Waals surface area (Å²) in [5.41, 5.74) is 1.18. The molecule has 6 nitrogen and oxygen atoms in total. The van der Waals surface area contributed by atoms with Gasteiger partial charge in [-0.25, -0.2) is 9.97 Å². The van der Waals surface area contributed by atoms with E-state index in [0.29, 0.717) is 37.7 Å². The van der Waals surface area contributed by atoms with Crippen LogP contribution >= 0.6 is 0 Å². The van der Waals surface area contributed by atoms with Crippen LogP contribution in [0.4, 0.5) is 5.95 Å². The van der Waals surface area contributed by atoms with E-state index in [2.05, 4.69) is 14.9 Å². The van der Waals surface area contributed by atoms with Crippen molar-refractivity contribution in [1.82, 2.24) is 14.9 Å². The average Bonchev–Trinajstić information content (AvgIpc) is 2.62. The van der Waals surface area contributed by atoms with E-state index < -0.39 is 0 Å². The zero-order chi connectivity index (χ0) is 17.1. The first kappa shape index (κ1) is 16.2. The van der Waals surface area contributed by atoms with E-state index in [1.54, 1.807) is 29.4 Å². The Labute approximate surface area is 141 Å². The van der Waals surface area contributed by atoms with Crippen molar-refractivity contribution < 1.29 is 9.90 Å². The van der Waals surface area contributed by atoms with Gasteiger partial charge >= 0.3 is 0 Å². The lowest BCUT2D eigenvalue weighted by Gasteiger charge is -2.34. The molecule has 1 N–H and O–H groups in total. The first-order valence-electron chi connectivity index (χ1n) is 8.21. The van der Waals surface area contributed by atoms with Crippen LogP contribution < -0.4 is 4.90 Å². The Kier molecular flexibility index (Phi) is 4.64. The number of carbonyl (C=O) groups excluding carboxylic acids is 1. The summed E-state index contributed by atoms with van der Waals surface area (Å²) >= 11 is 0. The number of hydrogen-bond donors (Lipinski definition) is 1. The van der Waals surface area contributed by atoms with Gasteiger partial charge in [-0.1, -0.05) is 26.0 Å². The van der Waals surface area contributed by atoms with Gasteiger partial charge < -0.3 is 14.9 Å². The molecule has 3 rings (SSSR count). The Bertz CT molecular complexity index is 710. The van der Waals surface area contributed by atoms with Crippen LogP contribution in [-0.4, -0.2) is 52.1 Å². The molecule has 0 unspecified atom stereocenters. The van der Waals surface area contributed by atoms with Gasteiger partial charge in [0.05, 0.1) is 5.56 Å². The van der Waals surface area contributed by atoms with Gasteiger partial charge in [-0.15, -0.1) is 0 Å². The lowest BCUT2D eigenvalue weighted by molar-refractivity contribution is 0.0743. The van der Waals surface area contributed by atoms with E-state index in [1.165, 1.54) is 0 Å². The standard InChI is InChI=1S/C18H22N4O2/c1-13(2)14-5-3-6-15(16(14)23)17(24)21-9-11-22(12-10-21)18-19-7-4-8-20-18/h3-8,13,23H,9-12H2,1-2H3. The summed E-state index contributed by atoms with van der Waals surface area (Å²) in [4.78, 5) is 25.1. The summed E-state index contributed by atoms with van der Waals surface area (Å²) in [6.45, 7) is 6.54. The van der Waals surface area contributed by atoms with Crippen molar-refractivity contribution in [3.63, 3.8) is 0 Å². The largest absolute Gasteiger partial charge is 0.507 e. The molecule has 24 heavy (non-hydrogen) atoms. The highest BCUT2D eigenvalue weighted by atomic mass is 16.3. The van der Waals surface area contributed by atoms with Crippen LogP contribution in [0.2, 0.25) is 0 Å². The molecule has 1 fully saturated rings. The minimum atomic E-state index is -0.122. The lowest BCUT2D eigenvalue weighted by atomic mass is 9.98. The summed E-state index contributed by atoms with van der Waals surface area (Å²) in [7, 11) is 0. The first-order chi connectivity index (χ1) is 11.6. The second-order valence-electron chi connectivity index (χ2n) is 6.23. The van der Waals surface area contributed by atoms with Gasteiger partial charge in [-0.3, -0.25) is 4.79 Å². The number of aromatic nitrogens is 2. The van der Waals surface area contributed by atoms with Gasteiger partial charge in [0.1, 0.15) is 5.75 Å². The molecular weight excluding hydrogens is 304 g/mol. The number of aromatic hydroxyl groups is 1. The number of phenols is 1. The van der Waals surface area contributed by atoms with Crippen LogP contribution in [0.5, 0.6) is 5.75 Å². The number of phenolic OH excluding ortho intramolecular Hbond substituents is 1. The lowest BCUT2D eigenvalue weighted by Crippen LogP contribution is -2.49. The molecule has 1 amide bonds. The minimum absolute atomic E-state index is 0.103. The summed E-state index contributed by atoms with van der Waals surface area (Å²) in [6, 6.07) is 7.17. The zero-order valence-corrected chi connectivity index (χ0v) is 14.0. The quantitative estimate of drug-likeness (QED) is 0.937. The van der Waals surface area contributed by atoms with Crippen molar-refractivity contribution in [1.29, 1.82) is 0 Å². The van der Waals surface area contributed by atoms with Crippen molar-refractivity contribution >= 4 is 11.9 Å². The van der Waals surface area contributed by atoms with Gasteiger partial charge in [0, 0.05) is 38.6 Å². The molecular formula is C18H22N4O2. The fraction of sp³-hybridized carbons (Fsp3) is 0.389. The normalized spacial score (nSPS) is 15.0. The van der Waals surface area contributed by atoms with Crippen LogP contribution in [-0.2, 0) is 0 Å². The number of piperazine rings is 1. The Morgan fingerprint density at radius 3 is 2.38 bits per heavy atom. The predicted octanol–water partition coefficient (Wildman–Crippen LogP) is 2.27. The van der Waals surface area contributed by atoms with Crippen LogP contribution in [0.25, 0.3) is 0 Å². The molecule has 0 bridgehead atoms. The first-order valence-corrected chi connectivity index (χ1v) is 8.21. The van der Waals surface area contributed by atoms with Crippen molar-refractivity contribution in [3.05, 3.63) is 47.8 Å². The molecule has 1 aromatic heterocycles. The van der Waals surface area contributed by atoms with Crippen LogP contribution in [0.1, 0.15) is 35.7 Å². The van der Waals surface area contributed by atoms with E-state index in [9.17, 15) is 9.90 Å². The van der Waals surface area contributed by atoms with Gasteiger partial charge in [0.25, 0.3) is 5.91 Å². The molecule has 1 saturated heterocycles. The highest BCUT2D eigenvalue weighted by Crippen LogP contribution is 2.29. The third-order valence-corrected chi connectivity index (χ3v) is 4.32. The van der Waals surface area contributed by atoms with Gasteiger partial charge in [0.15, 0.2) is 0 Å². The van der Waals surface area contributed by atoms with E-state index in [0.717, 1.165) is 5.56 Å². The molecule has 6 heteroatoms. The second-order valence-corrected chi connectivity index (χ2v) is 6.23. The topological polar surface area (TPSA) is 69.6 Å². The minimum Gasteiger partial charge on any atom is -0.507 e. The number of benzene rings is 1. The van der Waals surface area contributed by atoms with Crippen molar-refractivity contribution in [3.8, 4) is 5.75 Å². The van der Waals surface area contributed by atoms with E-state index in [4.69, 9.17) is 0 Å². The Morgan fingerprint density at radius 1 is 1.08 bits per heavy atom. The summed E-state index contributed by atoms with van der Waals surface area (Å²) in [5.74, 6) is 0.842. The van der Waals surface area contributed by atoms with Crippen molar-refractivity contribution in [2.75, 3.05) is 31.1 Å². The van der Waals surface area contributed by atoms with Gasteiger partial charge in [-0.2, -0.15) is 0 Å². The fourth-order valence-electron chi connectivity index (χ4n) is 2.93. The monoisotopic (exact) mass is 326 g/mol. The third kappa shape index (κ3) is 3.18. The molecule has 0 spiro atoms. The smallest absolute Gasteiger partial charge is 0.257 e. The molecule has 1 aliphatic rings. The number of nitrogens with zero attached hydrogens (tertiary/aromatic N) is 4. The molecule has 0 saturated carbocycles. The third-order valence-electron chi connectivity index (χ3n) is 4.32. The Hall–Kier alpha value is -2.63. The summed E-state index contributed by atoms with van der Waals surface area (Å²) < 4.78 is 0. The Balaban J connectivity index is 1.71. The fourth-order valence-corrected chi connectivity index (χ4v) is 2.93. The predicted molar refractivity (Wildman–Crippen MR) is 92.3 cm³/mol. The summed E-state index contributed by atoms with van der Waals surface area (Å²) in [6.07, 6.45) is 3.44. The van der Waals surface area contributed by atoms with E-state index in [-0.39, 0.29) is 17.6 Å². The maximum absolute atomic E-state index is 12.8. The van der Waals surface area contributed by atoms with Crippen molar-refractivity contribution in [2.45, 2.75) is 19.8 Å². The molecule has 0 atom stereocenters.